The molecule has 0 saturated heterocycles. The highest BCUT2D eigenvalue weighted by molar-refractivity contribution is 5.66. The average Bonchev–Trinajstić information content (AvgIpc) is 2.35. The Bertz CT molecular complexity index is 474. The van der Waals surface area contributed by atoms with E-state index in [1.807, 2.05) is 0 Å². The van der Waals surface area contributed by atoms with Crippen molar-refractivity contribution in [1.82, 2.24) is 0 Å². The zero-order valence-corrected chi connectivity index (χ0v) is 14.7. The van der Waals surface area contributed by atoms with E-state index in [-0.39, 0.29) is 17.8 Å². The van der Waals surface area contributed by atoms with Crippen molar-refractivity contribution >= 4 is 5.97 Å². The fourth-order valence-corrected chi connectivity index (χ4v) is 5.13. The topological polar surface area (TPSA) is 37.3 Å². The van der Waals surface area contributed by atoms with Crippen LogP contribution < -0.4 is 0 Å². The lowest BCUT2D eigenvalue weighted by Gasteiger charge is -2.56. The molecule has 1 saturated carbocycles. The molecule has 2 rings (SSSR count). The third-order valence-corrected chi connectivity index (χ3v) is 6.31. The van der Waals surface area contributed by atoms with Gasteiger partial charge in [-0.15, -0.1) is 0 Å². The summed E-state index contributed by atoms with van der Waals surface area (Å²) in [5.74, 6) is 0.671. The Kier molecular flexibility index (Phi) is 4.89. The Morgan fingerprint density at radius 1 is 1.41 bits per heavy atom. The fraction of sp³-hybridized carbons (Fsp3) is 0.750. The van der Waals surface area contributed by atoms with Crippen LogP contribution in [-0.4, -0.2) is 11.1 Å². The van der Waals surface area contributed by atoms with Gasteiger partial charge in [0.15, 0.2) is 0 Å². The number of hydrogen-bond donors (Lipinski definition) is 1. The Balaban J connectivity index is 2.14. The van der Waals surface area contributed by atoms with E-state index in [1.165, 1.54) is 24.8 Å². The summed E-state index contributed by atoms with van der Waals surface area (Å²) in [6.07, 6.45) is 10.8. The van der Waals surface area contributed by atoms with Crippen molar-refractivity contribution < 1.29 is 9.90 Å². The molecule has 0 bridgehead atoms. The first-order valence-corrected chi connectivity index (χ1v) is 8.75. The van der Waals surface area contributed by atoms with Crippen molar-refractivity contribution in [2.45, 2.75) is 66.2 Å². The number of hydrogen-bond acceptors (Lipinski definition) is 1. The van der Waals surface area contributed by atoms with E-state index in [9.17, 15) is 4.79 Å². The summed E-state index contributed by atoms with van der Waals surface area (Å²) in [5, 5.41) is 8.95. The first-order chi connectivity index (χ1) is 10.2. The molecule has 22 heavy (non-hydrogen) atoms. The van der Waals surface area contributed by atoms with Crippen LogP contribution >= 0.6 is 0 Å². The molecule has 1 N–H and O–H groups in total. The molecule has 124 valence electrons. The third kappa shape index (κ3) is 3.31. The highest BCUT2D eigenvalue weighted by Gasteiger charge is 2.50. The largest absolute Gasteiger partial charge is 0.481 e. The maximum Gasteiger partial charge on any atom is 0.303 e. The van der Waals surface area contributed by atoms with Gasteiger partial charge in [-0.25, -0.2) is 0 Å². The van der Waals surface area contributed by atoms with Gasteiger partial charge in [0.2, 0.25) is 0 Å². The van der Waals surface area contributed by atoms with Crippen LogP contribution in [0, 0.1) is 28.6 Å². The molecule has 1 fully saturated rings. The van der Waals surface area contributed by atoms with Gasteiger partial charge in [-0.3, -0.25) is 4.79 Å². The Morgan fingerprint density at radius 2 is 2.09 bits per heavy atom. The molecule has 0 spiro atoms. The van der Waals surface area contributed by atoms with Crippen LogP contribution in [0.15, 0.2) is 24.3 Å². The number of carboxylic acids is 1. The summed E-state index contributed by atoms with van der Waals surface area (Å²) in [6, 6.07) is 0. The molecule has 0 unspecified atom stereocenters. The Morgan fingerprint density at radius 3 is 2.73 bits per heavy atom. The van der Waals surface area contributed by atoms with Gasteiger partial charge < -0.3 is 5.11 Å². The lowest BCUT2D eigenvalue weighted by Crippen LogP contribution is -2.47. The minimum Gasteiger partial charge on any atom is -0.481 e. The molecule has 2 nitrogen and oxygen atoms in total. The van der Waals surface area contributed by atoms with Crippen molar-refractivity contribution in [1.29, 1.82) is 0 Å². The third-order valence-electron chi connectivity index (χ3n) is 6.31. The quantitative estimate of drug-likeness (QED) is 0.733. The summed E-state index contributed by atoms with van der Waals surface area (Å²) < 4.78 is 0. The van der Waals surface area contributed by atoms with Crippen molar-refractivity contribution in [2.75, 3.05) is 0 Å². The van der Waals surface area contributed by atoms with Crippen LogP contribution in [0.4, 0.5) is 0 Å². The number of rotatable bonds is 5. The van der Waals surface area contributed by atoms with Crippen molar-refractivity contribution in [2.24, 2.45) is 28.6 Å². The Hall–Kier alpha value is -1.05. The van der Waals surface area contributed by atoms with E-state index < -0.39 is 5.97 Å². The maximum atomic E-state index is 10.9. The lowest BCUT2D eigenvalue weighted by atomic mass is 9.49. The van der Waals surface area contributed by atoms with Gasteiger partial charge in [-0.05, 0) is 54.3 Å². The summed E-state index contributed by atoms with van der Waals surface area (Å²) in [7, 11) is 0. The molecule has 2 aliphatic rings. The van der Waals surface area contributed by atoms with Gasteiger partial charge in [0, 0.05) is 6.42 Å². The van der Waals surface area contributed by atoms with Crippen molar-refractivity contribution in [3.8, 4) is 0 Å². The highest BCUT2D eigenvalue weighted by Crippen LogP contribution is 2.59. The zero-order chi connectivity index (χ0) is 16.5. The molecule has 0 amide bonds. The van der Waals surface area contributed by atoms with Crippen LogP contribution in [0.5, 0.6) is 0 Å². The molecule has 2 heteroatoms. The van der Waals surface area contributed by atoms with Gasteiger partial charge in [0.25, 0.3) is 0 Å². The molecule has 4 atom stereocenters. The average molecular weight is 304 g/mol. The second kappa shape index (κ2) is 6.22. The van der Waals surface area contributed by atoms with E-state index >= 15 is 0 Å². The van der Waals surface area contributed by atoms with Gasteiger partial charge >= 0.3 is 5.97 Å². The van der Waals surface area contributed by atoms with Crippen LogP contribution in [0.2, 0.25) is 0 Å². The smallest absolute Gasteiger partial charge is 0.303 e. The van der Waals surface area contributed by atoms with Gasteiger partial charge in [0.1, 0.15) is 0 Å². The maximum absolute atomic E-state index is 10.9. The number of carboxylic acid groups (broad SMARTS) is 1. The summed E-state index contributed by atoms with van der Waals surface area (Å²) in [5.41, 5.74) is 1.89. The number of carbonyl (C=O) groups is 1. The summed E-state index contributed by atoms with van der Waals surface area (Å²) >= 11 is 0. The van der Waals surface area contributed by atoms with Gasteiger partial charge in [0.05, 0.1) is 0 Å². The molecular weight excluding hydrogens is 272 g/mol. The molecule has 0 aliphatic heterocycles. The number of aliphatic carboxylic acids is 1. The molecule has 0 heterocycles. The number of fused-ring (bicyclic) bond motifs is 1. The van der Waals surface area contributed by atoms with Crippen LogP contribution in [0.3, 0.4) is 0 Å². The van der Waals surface area contributed by atoms with Crippen molar-refractivity contribution in [3.63, 3.8) is 0 Å². The van der Waals surface area contributed by atoms with Crippen LogP contribution in [-0.2, 0) is 4.79 Å². The first-order valence-electron chi connectivity index (χ1n) is 8.75. The van der Waals surface area contributed by atoms with E-state index in [0.717, 1.165) is 12.8 Å². The summed E-state index contributed by atoms with van der Waals surface area (Å²) in [4.78, 5) is 10.9. The predicted octanol–water partition coefficient (Wildman–Crippen LogP) is 5.45. The second-order valence-electron chi connectivity index (χ2n) is 8.59. The molecular formula is C20H32O2. The van der Waals surface area contributed by atoms with E-state index in [2.05, 4.69) is 46.4 Å². The van der Waals surface area contributed by atoms with Gasteiger partial charge in [-0.1, -0.05) is 58.4 Å². The Labute approximate surface area is 135 Å². The monoisotopic (exact) mass is 304 g/mol. The zero-order valence-electron chi connectivity index (χ0n) is 14.7. The van der Waals surface area contributed by atoms with Crippen LogP contribution in [0.25, 0.3) is 0 Å². The first kappa shape index (κ1) is 17.3. The lowest BCUT2D eigenvalue weighted by molar-refractivity contribution is -0.138. The highest BCUT2D eigenvalue weighted by atomic mass is 16.4. The van der Waals surface area contributed by atoms with E-state index in [0.29, 0.717) is 17.3 Å². The van der Waals surface area contributed by atoms with E-state index in [4.69, 9.17) is 5.11 Å². The molecule has 0 aromatic carbocycles. The molecule has 0 aromatic rings. The second-order valence-corrected chi connectivity index (χ2v) is 8.59. The van der Waals surface area contributed by atoms with Crippen molar-refractivity contribution in [3.05, 3.63) is 24.3 Å². The normalized spacial score (nSPS) is 35.0. The molecule has 0 aromatic heterocycles. The fourth-order valence-electron chi connectivity index (χ4n) is 5.13. The SMILES string of the molecule is C=C1C=C[C@@H]2C(C)(C)CCC[C@@]2(C)[C@@H]1CC[C@@H](C)CC(=O)O. The minimum atomic E-state index is -0.683. The molecule has 2 aliphatic carbocycles. The minimum absolute atomic E-state index is 0.245. The summed E-state index contributed by atoms with van der Waals surface area (Å²) in [6.45, 7) is 13.6. The predicted molar refractivity (Wildman–Crippen MR) is 91.6 cm³/mol. The number of allylic oxidation sites excluding steroid dienone is 3. The standard InChI is InChI=1S/C20H32O2/c1-14(13-18(21)22)7-9-16-15(2)8-10-17-19(3,4)11-6-12-20(16,17)5/h8,10,14,16-17H,2,6-7,9,11-13H2,1,3-5H3,(H,21,22)/t14-,16-,17-,20+/m1/s1. The van der Waals surface area contributed by atoms with Crippen LogP contribution in [0.1, 0.15) is 66.2 Å². The molecule has 0 radical (unpaired) electrons. The van der Waals surface area contributed by atoms with Gasteiger partial charge in [-0.2, -0.15) is 0 Å². The van der Waals surface area contributed by atoms with E-state index in [1.54, 1.807) is 0 Å².